The third-order valence-electron chi connectivity index (χ3n) is 7.78. The number of hydrogen-bond donors (Lipinski definition) is 1. The average molecular weight is 524 g/mol. The van der Waals surface area contributed by atoms with Gasteiger partial charge in [0.25, 0.3) is 0 Å². The minimum Gasteiger partial charge on any atom is -0.454 e. The molecular formula is C30H30F3N2O3+. The van der Waals surface area contributed by atoms with Crippen LogP contribution in [0.5, 0.6) is 0 Å². The van der Waals surface area contributed by atoms with Gasteiger partial charge in [0.1, 0.15) is 13.1 Å². The zero-order chi connectivity index (χ0) is 26.8. The predicted molar refractivity (Wildman–Crippen MR) is 137 cm³/mol. The summed E-state index contributed by atoms with van der Waals surface area (Å²) >= 11 is 0. The quantitative estimate of drug-likeness (QED) is 0.227. The number of rotatable bonds is 8. The van der Waals surface area contributed by atoms with Gasteiger partial charge in [-0.15, -0.1) is 0 Å². The van der Waals surface area contributed by atoms with Crippen LogP contribution in [-0.2, 0) is 15.7 Å². The molecule has 0 amide bonds. The SMILES string of the molecule is O=C(C[N+]12CCC(CC1)[C@@H](OC(=O)C(Nc1ccccc1)c1ccccc1)C2)c1ccc(C(F)(F)F)cc1. The number of hydrogen-bond acceptors (Lipinski definition) is 4. The highest BCUT2D eigenvalue weighted by atomic mass is 19.4. The number of alkyl halides is 3. The van der Waals surface area contributed by atoms with E-state index in [1.807, 2.05) is 60.7 Å². The molecule has 198 valence electrons. The maximum atomic E-state index is 13.5. The van der Waals surface area contributed by atoms with E-state index in [-0.39, 0.29) is 35.9 Å². The van der Waals surface area contributed by atoms with Crippen LogP contribution in [0.2, 0.25) is 0 Å². The van der Waals surface area contributed by atoms with E-state index in [2.05, 4.69) is 5.32 Å². The first-order valence-corrected chi connectivity index (χ1v) is 12.9. The van der Waals surface area contributed by atoms with Gasteiger partial charge in [-0.1, -0.05) is 60.7 Å². The lowest BCUT2D eigenvalue weighted by Gasteiger charge is -2.51. The fourth-order valence-electron chi connectivity index (χ4n) is 5.66. The summed E-state index contributed by atoms with van der Waals surface area (Å²) in [5.41, 5.74) is 1.09. The van der Waals surface area contributed by atoms with Gasteiger partial charge in [-0.3, -0.25) is 4.79 Å². The van der Waals surface area contributed by atoms with Crippen molar-refractivity contribution in [1.82, 2.24) is 0 Å². The van der Waals surface area contributed by atoms with Crippen molar-refractivity contribution in [2.75, 3.05) is 31.5 Å². The molecule has 3 aromatic rings. The van der Waals surface area contributed by atoms with E-state index in [1.165, 1.54) is 12.1 Å². The number of halogens is 3. The summed E-state index contributed by atoms with van der Waals surface area (Å²) in [7, 11) is 0. The molecule has 0 aromatic heterocycles. The lowest BCUT2D eigenvalue weighted by atomic mass is 9.82. The van der Waals surface area contributed by atoms with Gasteiger partial charge in [0.05, 0.1) is 18.7 Å². The van der Waals surface area contributed by atoms with Gasteiger partial charge >= 0.3 is 12.1 Å². The summed E-state index contributed by atoms with van der Waals surface area (Å²) in [4.78, 5) is 26.6. The summed E-state index contributed by atoms with van der Waals surface area (Å²) < 4.78 is 45.4. The second-order valence-corrected chi connectivity index (χ2v) is 10.3. The molecule has 1 N–H and O–H groups in total. The van der Waals surface area contributed by atoms with E-state index in [0.717, 1.165) is 49.3 Å². The molecule has 0 aliphatic carbocycles. The van der Waals surface area contributed by atoms with Crippen LogP contribution in [0.3, 0.4) is 0 Å². The van der Waals surface area contributed by atoms with Crippen molar-refractivity contribution in [3.8, 4) is 0 Å². The van der Waals surface area contributed by atoms with Crippen LogP contribution in [0.25, 0.3) is 0 Å². The minimum absolute atomic E-state index is 0.177. The number of para-hydroxylation sites is 1. The number of nitrogens with zero attached hydrogens (tertiary/aromatic N) is 1. The zero-order valence-corrected chi connectivity index (χ0v) is 20.9. The van der Waals surface area contributed by atoms with Crippen molar-refractivity contribution < 1.29 is 32.0 Å². The summed E-state index contributed by atoms with van der Waals surface area (Å²) in [5, 5.41) is 3.29. The Labute approximate surface area is 219 Å². The molecule has 3 aromatic carbocycles. The van der Waals surface area contributed by atoms with Crippen molar-refractivity contribution in [2.45, 2.75) is 31.2 Å². The van der Waals surface area contributed by atoms with Gasteiger partial charge in [0.2, 0.25) is 5.78 Å². The second-order valence-electron chi connectivity index (χ2n) is 10.3. The fraction of sp³-hybridized carbons (Fsp3) is 0.333. The number of ketones is 1. The molecular weight excluding hydrogens is 493 g/mol. The molecule has 3 aliphatic heterocycles. The van der Waals surface area contributed by atoms with E-state index < -0.39 is 17.8 Å². The third-order valence-corrected chi connectivity index (χ3v) is 7.78. The van der Waals surface area contributed by atoms with Gasteiger partial charge in [-0.25, -0.2) is 4.79 Å². The highest BCUT2D eigenvalue weighted by Crippen LogP contribution is 2.37. The van der Waals surface area contributed by atoms with Crippen LogP contribution in [0, 0.1) is 5.92 Å². The topological polar surface area (TPSA) is 55.4 Å². The molecule has 2 atom stereocenters. The first-order valence-electron chi connectivity index (χ1n) is 12.9. The third kappa shape index (κ3) is 5.75. The number of Topliss-reactive ketones (excluding diaryl/α,β-unsaturated/α-hetero) is 1. The molecule has 6 rings (SSSR count). The molecule has 0 spiro atoms. The van der Waals surface area contributed by atoms with E-state index in [1.54, 1.807) is 0 Å². The summed E-state index contributed by atoms with van der Waals surface area (Å²) in [6.45, 7) is 2.27. The lowest BCUT2D eigenvalue weighted by molar-refractivity contribution is -0.938. The van der Waals surface area contributed by atoms with Gasteiger partial charge in [0.15, 0.2) is 12.1 Å². The summed E-state index contributed by atoms with van der Waals surface area (Å²) in [6, 6.07) is 22.6. The molecule has 8 heteroatoms. The van der Waals surface area contributed by atoms with Gasteiger partial charge in [-0.2, -0.15) is 13.2 Å². The Morgan fingerprint density at radius 3 is 2.11 bits per heavy atom. The molecule has 3 fully saturated rings. The van der Waals surface area contributed by atoms with Gasteiger partial charge in [-0.05, 0) is 29.8 Å². The predicted octanol–water partition coefficient (Wildman–Crippen LogP) is 5.89. The van der Waals surface area contributed by atoms with Gasteiger partial charge in [0, 0.05) is 30.0 Å². The van der Waals surface area contributed by atoms with Crippen molar-refractivity contribution in [2.24, 2.45) is 5.92 Å². The maximum absolute atomic E-state index is 13.5. The molecule has 1 unspecified atom stereocenters. The molecule has 5 nitrogen and oxygen atoms in total. The molecule has 3 aliphatic rings. The van der Waals surface area contributed by atoms with Gasteiger partial charge < -0.3 is 14.5 Å². The molecule has 2 bridgehead atoms. The molecule has 38 heavy (non-hydrogen) atoms. The van der Waals surface area contributed by atoms with Crippen LogP contribution in [-0.4, -0.2) is 48.5 Å². The summed E-state index contributed by atoms with van der Waals surface area (Å²) in [6.07, 6.45) is -3.10. The number of piperidine rings is 3. The van der Waals surface area contributed by atoms with E-state index in [9.17, 15) is 22.8 Å². The van der Waals surface area contributed by atoms with E-state index >= 15 is 0 Å². The number of fused-ring (bicyclic) bond motifs is 3. The Hall–Kier alpha value is -3.65. The number of anilines is 1. The van der Waals surface area contributed by atoms with Crippen LogP contribution in [0.15, 0.2) is 84.9 Å². The zero-order valence-electron chi connectivity index (χ0n) is 20.9. The minimum atomic E-state index is -4.44. The lowest BCUT2D eigenvalue weighted by Crippen LogP contribution is -2.65. The Morgan fingerprint density at radius 2 is 1.50 bits per heavy atom. The van der Waals surface area contributed by atoms with E-state index in [0.29, 0.717) is 11.0 Å². The standard InChI is InChI=1S/C30H30F3N2O3/c31-30(32,33)24-13-11-21(12-14-24)26(36)19-35-17-15-22(16-18-35)27(20-35)38-29(37)28(23-7-3-1-4-8-23)34-25-9-5-2-6-10-25/h1-14,22,27-28,34H,15-20H2/q+1/t22?,27-,28?,35?/m0/s1. The molecule has 3 heterocycles. The van der Waals surface area contributed by atoms with Crippen LogP contribution < -0.4 is 5.32 Å². The number of benzene rings is 3. The largest absolute Gasteiger partial charge is 0.454 e. The first-order chi connectivity index (χ1) is 18.2. The Balaban J connectivity index is 1.29. The first kappa shape index (κ1) is 26.0. The number of ether oxygens (including phenoxy) is 1. The summed E-state index contributed by atoms with van der Waals surface area (Å²) in [5.74, 6) is -0.337. The van der Waals surface area contributed by atoms with Crippen molar-refractivity contribution in [3.63, 3.8) is 0 Å². The number of carbonyl (C=O) groups excluding carboxylic acids is 2. The monoisotopic (exact) mass is 523 g/mol. The second kappa shape index (κ2) is 10.6. The highest BCUT2D eigenvalue weighted by Gasteiger charge is 2.49. The van der Waals surface area contributed by atoms with E-state index in [4.69, 9.17) is 4.74 Å². The number of carbonyl (C=O) groups is 2. The number of quaternary nitrogens is 1. The fourth-order valence-corrected chi connectivity index (χ4v) is 5.66. The number of esters is 1. The van der Waals surface area contributed by atoms with Crippen LogP contribution in [0.4, 0.5) is 18.9 Å². The normalized spacial score (nSPS) is 23.4. The van der Waals surface area contributed by atoms with Crippen LogP contribution in [0.1, 0.15) is 40.4 Å². The van der Waals surface area contributed by atoms with Crippen molar-refractivity contribution in [1.29, 1.82) is 0 Å². The maximum Gasteiger partial charge on any atom is 0.416 e. The molecule has 0 saturated carbocycles. The molecule has 0 radical (unpaired) electrons. The number of nitrogens with one attached hydrogen (secondary N) is 1. The van der Waals surface area contributed by atoms with Crippen molar-refractivity contribution >= 4 is 17.4 Å². The van der Waals surface area contributed by atoms with Crippen molar-refractivity contribution in [3.05, 3.63) is 102 Å². The Bertz CT molecular complexity index is 1260. The highest BCUT2D eigenvalue weighted by molar-refractivity contribution is 5.97. The Kier molecular flexibility index (Phi) is 7.25. The Morgan fingerprint density at radius 1 is 0.895 bits per heavy atom. The smallest absolute Gasteiger partial charge is 0.416 e. The molecule has 3 saturated heterocycles. The average Bonchev–Trinajstić information content (AvgIpc) is 2.93. The van der Waals surface area contributed by atoms with Crippen LogP contribution >= 0.6 is 0 Å².